The zero-order valence-corrected chi connectivity index (χ0v) is 12.2. The second kappa shape index (κ2) is 6.19. The molecule has 20 heavy (non-hydrogen) atoms. The standard InChI is InChI=1S/C10H8Cl2F3NO3S/c1-16(4-8(13)14)10(17)6-2-5(11)3-7(9(6)15)20(12,18)19/h2-3,8H,4H2,1H3. The van der Waals surface area contributed by atoms with Gasteiger partial charge in [-0.1, -0.05) is 11.6 Å². The lowest BCUT2D eigenvalue weighted by Gasteiger charge is -2.17. The summed E-state index contributed by atoms with van der Waals surface area (Å²) >= 11 is 5.57. The Balaban J connectivity index is 3.33. The fraction of sp³-hybridized carbons (Fsp3) is 0.300. The molecule has 0 radical (unpaired) electrons. The number of alkyl halides is 2. The second-order valence-corrected chi connectivity index (χ2v) is 6.75. The third kappa shape index (κ3) is 4.00. The van der Waals surface area contributed by atoms with Crippen molar-refractivity contribution >= 4 is 37.2 Å². The number of halogens is 5. The highest BCUT2D eigenvalue weighted by molar-refractivity contribution is 8.13. The maximum absolute atomic E-state index is 13.9. The maximum atomic E-state index is 13.9. The number of amides is 1. The van der Waals surface area contributed by atoms with Crippen LogP contribution in [0.15, 0.2) is 17.0 Å². The van der Waals surface area contributed by atoms with Gasteiger partial charge in [0.25, 0.3) is 21.4 Å². The summed E-state index contributed by atoms with van der Waals surface area (Å²) in [5.74, 6) is -2.57. The summed E-state index contributed by atoms with van der Waals surface area (Å²) in [7, 11) is 1.56. The highest BCUT2D eigenvalue weighted by Crippen LogP contribution is 2.27. The molecule has 0 N–H and O–H groups in total. The topological polar surface area (TPSA) is 54.5 Å². The Morgan fingerprint density at radius 3 is 2.40 bits per heavy atom. The van der Waals surface area contributed by atoms with Crippen molar-refractivity contribution in [2.24, 2.45) is 0 Å². The monoisotopic (exact) mass is 349 g/mol. The number of carbonyl (C=O) groups is 1. The Bertz CT molecular complexity index is 637. The molecule has 1 rings (SSSR count). The quantitative estimate of drug-likeness (QED) is 0.785. The van der Waals surface area contributed by atoms with E-state index in [2.05, 4.69) is 0 Å². The zero-order valence-electron chi connectivity index (χ0n) is 9.91. The molecule has 0 fully saturated rings. The molecular weight excluding hydrogens is 342 g/mol. The molecule has 0 bridgehead atoms. The molecule has 0 spiro atoms. The predicted molar refractivity (Wildman–Crippen MR) is 67.4 cm³/mol. The summed E-state index contributed by atoms with van der Waals surface area (Å²) in [5.41, 5.74) is -0.750. The lowest BCUT2D eigenvalue weighted by atomic mass is 10.2. The molecule has 1 aromatic carbocycles. The van der Waals surface area contributed by atoms with Crippen LogP contribution >= 0.6 is 22.3 Å². The molecule has 1 aromatic rings. The second-order valence-electron chi connectivity index (χ2n) is 3.78. The predicted octanol–water partition coefficient (Wildman–Crippen LogP) is 2.74. The van der Waals surface area contributed by atoms with Gasteiger partial charge in [-0.3, -0.25) is 4.79 Å². The number of rotatable bonds is 4. The van der Waals surface area contributed by atoms with Crippen LogP contribution in [0.3, 0.4) is 0 Å². The van der Waals surface area contributed by atoms with Crippen LogP contribution in [-0.2, 0) is 9.05 Å². The Hall–Kier alpha value is -0.990. The van der Waals surface area contributed by atoms with E-state index >= 15 is 0 Å². The summed E-state index contributed by atoms with van der Waals surface area (Å²) in [5, 5.41) is -0.264. The van der Waals surface area contributed by atoms with Crippen LogP contribution in [0.4, 0.5) is 13.2 Å². The number of benzene rings is 1. The van der Waals surface area contributed by atoms with Crippen LogP contribution in [0, 0.1) is 5.82 Å². The Morgan fingerprint density at radius 2 is 1.95 bits per heavy atom. The molecule has 1 amide bonds. The van der Waals surface area contributed by atoms with E-state index in [1.54, 1.807) is 0 Å². The van der Waals surface area contributed by atoms with Crippen LogP contribution in [0.1, 0.15) is 10.4 Å². The third-order valence-electron chi connectivity index (χ3n) is 2.26. The molecule has 112 valence electrons. The number of hydrogen-bond acceptors (Lipinski definition) is 3. The molecule has 4 nitrogen and oxygen atoms in total. The summed E-state index contributed by atoms with van der Waals surface area (Å²) in [6.07, 6.45) is -2.82. The minimum absolute atomic E-state index is 0.264. The van der Waals surface area contributed by atoms with Gasteiger partial charge in [-0.2, -0.15) is 0 Å². The van der Waals surface area contributed by atoms with Gasteiger partial charge < -0.3 is 4.90 Å². The highest BCUT2D eigenvalue weighted by Gasteiger charge is 2.26. The molecule has 10 heteroatoms. The first-order chi connectivity index (χ1) is 9.04. The molecule has 0 aromatic heterocycles. The summed E-state index contributed by atoms with van der Waals surface area (Å²) in [4.78, 5) is 11.3. The van der Waals surface area contributed by atoms with Crippen LogP contribution in [0.5, 0.6) is 0 Å². The van der Waals surface area contributed by atoms with Crippen molar-refractivity contribution in [2.75, 3.05) is 13.6 Å². The first-order valence-electron chi connectivity index (χ1n) is 5.01. The summed E-state index contributed by atoms with van der Waals surface area (Å²) in [6.45, 7) is -0.937. The molecule has 0 atom stereocenters. The van der Waals surface area contributed by atoms with E-state index in [1.807, 2.05) is 0 Å². The van der Waals surface area contributed by atoms with Gasteiger partial charge in [0.15, 0.2) is 5.82 Å². The molecule has 0 aliphatic heterocycles. The molecule has 0 saturated carbocycles. The fourth-order valence-corrected chi connectivity index (χ4v) is 2.60. The molecule has 0 aliphatic carbocycles. The van der Waals surface area contributed by atoms with Gasteiger partial charge in [-0.05, 0) is 12.1 Å². The third-order valence-corrected chi connectivity index (χ3v) is 3.80. The van der Waals surface area contributed by atoms with E-state index in [4.69, 9.17) is 22.3 Å². The average Bonchev–Trinajstić information content (AvgIpc) is 2.28. The van der Waals surface area contributed by atoms with Crippen LogP contribution in [0.25, 0.3) is 0 Å². The SMILES string of the molecule is CN(CC(F)F)C(=O)c1cc(Cl)cc(S(=O)(=O)Cl)c1F. The summed E-state index contributed by atoms with van der Waals surface area (Å²) in [6, 6.07) is 1.57. The van der Waals surface area contributed by atoms with Crippen LogP contribution in [-0.4, -0.2) is 39.2 Å². The van der Waals surface area contributed by atoms with E-state index in [1.165, 1.54) is 0 Å². The average molecular weight is 350 g/mol. The van der Waals surface area contributed by atoms with Gasteiger partial charge in [-0.15, -0.1) is 0 Å². The summed E-state index contributed by atoms with van der Waals surface area (Å²) < 4.78 is 60.6. The normalized spacial score (nSPS) is 11.8. The van der Waals surface area contributed by atoms with Crippen molar-refractivity contribution in [1.82, 2.24) is 4.90 Å². The first-order valence-corrected chi connectivity index (χ1v) is 7.70. The number of hydrogen-bond donors (Lipinski definition) is 0. The van der Waals surface area contributed by atoms with Gasteiger partial charge in [0.2, 0.25) is 0 Å². The lowest BCUT2D eigenvalue weighted by Crippen LogP contribution is -2.32. The van der Waals surface area contributed by atoms with Gasteiger partial charge >= 0.3 is 0 Å². The van der Waals surface area contributed by atoms with E-state index < -0.39 is 44.2 Å². The van der Waals surface area contributed by atoms with E-state index in [-0.39, 0.29) is 5.02 Å². The Morgan fingerprint density at radius 1 is 1.40 bits per heavy atom. The molecule has 0 unspecified atom stereocenters. The van der Waals surface area contributed by atoms with Gasteiger partial charge in [0.1, 0.15) is 4.90 Å². The van der Waals surface area contributed by atoms with Crippen molar-refractivity contribution in [1.29, 1.82) is 0 Å². The maximum Gasteiger partial charge on any atom is 0.264 e. The molecular formula is C10H8Cl2F3NO3S. The van der Waals surface area contributed by atoms with Crippen LogP contribution in [0.2, 0.25) is 5.02 Å². The van der Waals surface area contributed by atoms with Crippen molar-refractivity contribution < 1.29 is 26.4 Å². The van der Waals surface area contributed by atoms with Gasteiger partial charge in [-0.25, -0.2) is 21.6 Å². The number of carbonyl (C=O) groups excluding carboxylic acids is 1. The van der Waals surface area contributed by atoms with Gasteiger partial charge in [0, 0.05) is 22.8 Å². The zero-order chi connectivity index (χ0) is 15.7. The fourth-order valence-electron chi connectivity index (χ4n) is 1.39. The lowest BCUT2D eigenvalue weighted by molar-refractivity contribution is 0.0615. The minimum atomic E-state index is -4.47. The minimum Gasteiger partial charge on any atom is -0.336 e. The van der Waals surface area contributed by atoms with E-state index in [0.717, 1.165) is 19.2 Å². The molecule has 0 heterocycles. The Kier molecular flexibility index (Phi) is 5.28. The van der Waals surface area contributed by atoms with Crippen molar-refractivity contribution in [3.8, 4) is 0 Å². The molecule has 0 saturated heterocycles. The van der Waals surface area contributed by atoms with E-state index in [0.29, 0.717) is 4.90 Å². The van der Waals surface area contributed by atoms with Gasteiger partial charge in [0.05, 0.1) is 12.1 Å². The largest absolute Gasteiger partial charge is 0.336 e. The number of nitrogens with zero attached hydrogens (tertiary/aromatic N) is 1. The smallest absolute Gasteiger partial charge is 0.264 e. The first kappa shape index (κ1) is 17.1. The Labute approximate surface area is 122 Å². The van der Waals surface area contributed by atoms with Crippen molar-refractivity contribution in [3.63, 3.8) is 0 Å². The molecule has 0 aliphatic rings. The van der Waals surface area contributed by atoms with E-state index in [9.17, 15) is 26.4 Å². The van der Waals surface area contributed by atoms with Crippen LogP contribution < -0.4 is 0 Å². The van der Waals surface area contributed by atoms with Crippen molar-refractivity contribution in [2.45, 2.75) is 11.3 Å². The van der Waals surface area contributed by atoms with Crippen molar-refractivity contribution in [3.05, 3.63) is 28.5 Å². The highest BCUT2D eigenvalue weighted by atomic mass is 35.7.